The summed E-state index contributed by atoms with van der Waals surface area (Å²) in [5, 5.41) is 0.685. The summed E-state index contributed by atoms with van der Waals surface area (Å²) in [5.41, 5.74) is 0.968. The Hall–Kier alpha value is -0.630. The molecule has 2 N–H and O–H groups in total. The minimum atomic E-state index is 0.685. The molecule has 0 spiro atoms. The van der Waals surface area contributed by atoms with E-state index >= 15 is 0 Å². The number of halogens is 1. The molecule has 0 bridgehead atoms. The van der Waals surface area contributed by atoms with Crippen molar-refractivity contribution in [2.24, 2.45) is 0 Å². The van der Waals surface area contributed by atoms with Crippen LogP contribution in [-0.2, 0) is 0 Å². The molecule has 2 nitrogen and oxygen atoms in total. The smallest absolute Gasteiger partial charge is 0.0606 e. The summed E-state index contributed by atoms with van der Waals surface area (Å²) in [6.45, 7) is 1.89. The Morgan fingerprint density at radius 3 is 2.50 bits per heavy atom. The van der Waals surface area contributed by atoms with Crippen molar-refractivity contribution in [3.63, 3.8) is 0 Å². The van der Waals surface area contributed by atoms with Crippen LogP contribution in [0.4, 0.5) is 0 Å². The number of aromatic nitrogens is 1. The van der Waals surface area contributed by atoms with Gasteiger partial charge in [0.25, 0.3) is 0 Å². The Morgan fingerprint density at radius 1 is 1.75 bits per heavy atom. The molecule has 1 aromatic rings. The molecule has 0 fully saturated rings. The molecule has 0 aromatic carbocycles. The second kappa shape index (κ2) is 1.71. The largest absolute Gasteiger partial charge is 0.339 e. The topological polar surface area (TPSA) is 30.9 Å². The second-order valence-electron chi connectivity index (χ2n) is 1.71. The summed E-state index contributed by atoms with van der Waals surface area (Å²) in [5.74, 6) is 5.37. The van der Waals surface area contributed by atoms with E-state index in [0.29, 0.717) is 5.02 Å². The molecule has 0 amide bonds. The molecule has 0 atom stereocenters. The molecule has 1 aromatic heterocycles. The van der Waals surface area contributed by atoms with Gasteiger partial charge in [0, 0.05) is 11.9 Å². The van der Waals surface area contributed by atoms with Crippen LogP contribution in [0.5, 0.6) is 0 Å². The monoisotopic (exact) mass is 130 g/mol. The second-order valence-corrected chi connectivity index (χ2v) is 2.14. The summed E-state index contributed by atoms with van der Waals surface area (Å²) in [6, 6.07) is 1.81. The van der Waals surface area contributed by atoms with E-state index in [1.165, 1.54) is 4.68 Å². The lowest BCUT2D eigenvalue weighted by molar-refractivity contribution is 0.962. The van der Waals surface area contributed by atoms with Crippen molar-refractivity contribution in [3.05, 3.63) is 23.0 Å². The molecule has 0 aliphatic heterocycles. The Balaban J connectivity index is 3.14. The molecule has 0 radical (unpaired) electrons. The molecular weight excluding hydrogens is 124 g/mol. The number of nitrogens with two attached hydrogens (primary N) is 1. The molecule has 0 unspecified atom stereocenters. The van der Waals surface area contributed by atoms with Gasteiger partial charge < -0.3 is 5.84 Å². The first-order chi connectivity index (χ1) is 3.70. The highest BCUT2D eigenvalue weighted by Gasteiger charge is 1.92. The van der Waals surface area contributed by atoms with E-state index in [9.17, 15) is 0 Å². The van der Waals surface area contributed by atoms with Crippen LogP contribution < -0.4 is 5.84 Å². The van der Waals surface area contributed by atoms with Crippen molar-refractivity contribution in [2.75, 3.05) is 5.84 Å². The fourth-order valence-corrected chi connectivity index (χ4v) is 0.809. The van der Waals surface area contributed by atoms with Gasteiger partial charge in [0.2, 0.25) is 0 Å². The van der Waals surface area contributed by atoms with Crippen LogP contribution in [0.1, 0.15) is 5.69 Å². The van der Waals surface area contributed by atoms with Crippen LogP contribution in [0.15, 0.2) is 12.3 Å². The van der Waals surface area contributed by atoms with Gasteiger partial charge in [-0.3, -0.25) is 4.68 Å². The van der Waals surface area contributed by atoms with Crippen molar-refractivity contribution < 1.29 is 0 Å². The van der Waals surface area contributed by atoms with Gasteiger partial charge in [-0.15, -0.1) is 0 Å². The number of hydrogen-bond acceptors (Lipinski definition) is 1. The van der Waals surface area contributed by atoms with Gasteiger partial charge in [0.05, 0.1) is 5.02 Å². The highest BCUT2D eigenvalue weighted by atomic mass is 35.5. The number of aryl methyl sites for hydroxylation is 1. The van der Waals surface area contributed by atoms with E-state index in [0.717, 1.165) is 5.69 Å². The molecule has 1 rings (SSSR count). The number of nitrogens with zero attached hydrogens (tertiary/aromatic N) is 1. The Bertz CT molecular complexity index is 173. The lowest BCUT2D eigenvalue weighted by Crippen LogP contribution is -2.06. The highest BCUT2D eigenvalue weighted by molar-refractivity contribution is 6.30. The van der Waals surface area contributed by atoms with E-state index in [1.807, 2.05) is 13.0 Å². The fraction of sp³-hybridized carbons (Fsp3) is 0.200. The molecule has 0 aliphatic rings. The van der Waals surface area contributed by atoms with Crippen LogP contribution in [0, 0.1) is 6.92 Å². The molecule has 0 aliphatic carbocycles. The van der Waals surface area contributed by atoms with Gasteiger partial charge >= 0.3 is 0 Å². The number of nitrogen functional groups attached to an aromatic ring is 1. The van der Waals surface area contributed by atoms with Crippen LogP contribution in [0.25, 0.3) is 0 Å². The zero-order valence-electron chi connectivity index (χ0n) is 4.56. The predicted molar refractivity (Wildman–Crippen MR) is 34.3 cm³/mol. The van der Waals surface area contributed by atoms with Crippen molar-refractivity contribution in [3.8, 4) is 0 Å². The zero-order valence-corrected chi connectivity index (χ0v) is 5.31. The van der Waals surface area contributed by atoms with Gasteiger partial charge in [-0.05, 0) is 13.0 Å². The maximum absolute atomic E-state index is 5.56. The van der Waals surface area contributed by atoms with E-state index in [1.54, 1.807) is 6.20 Å². The van der Waals surface area contributed by atoms with Crippen molar-refractivity contribution >= 4 is 11.6 Å². The Labute approximate surface area is 52.8 Å². The molecule has 0 saturated carbocycles. The van der Waals surface area contributed by atoms with Gasteiger partial charge in [-0.25, -0.2) is 0 Å². The summed E-state index contributed by atoms with van der Waals surface area (Å²) < 4.78 is 1.49. The molecule has 44 valence electrons. The maximum Gasteiger partial charge on any atom is 0.0606 e. The van der Waals surface area contributed by atoms with Gasteiger partial charge in [-0.2, -0.15) is 0 Å². The predicted octanol–water partition coefficient (Wildman–Crippen LogP) is 1.16. The zero-order chi connectivity index (χ0) is 6.15. The average molecular weight is 131 g/mol. The summed E-state index contributed by atoms with van der Waals surface area (Å²) >= 11 is 5.56. The van der Waals surface area contributed by atoms with E-state index in [4.69, 9.17) is 17.4 Å². The van der Waals surface area contributed by atoms with Gasteiger partial charge in [0.1, 0.15) is 0 Å². The van der Waals surface area contributed by atoms with Crippen LogP contribution in [0.2, 0.25) is 5.02 Å². The van der Waals surface area contributed by atoms with Crippen LogP contribution in [-0.4, -0.2) is 4.68 Å². The first kappa shape index (κ1) is 5.51. The van der Waals surface area contributed by atoms with E-state index in [2.05, 4.69) is 0 Å². The van der Waals surface area contributed by atoms with Crippen molar-refractivity contribution in [2.45, 2.75) is 6.92 Å². The Kier molecular flexibility index (Phi) is 1.18. The molecular formula is C5H7ClN2. The normalized spacial score (nSPS) is 9.75. The SMILES string of the molecule is Cc1cc(Cl)cn1N. The van der Waals surface area contributed by atoms with E-state index in [-0.39, 0.29) is 0 Å². The third-order valence-corrected chi connectivity index (χ3v) is 1.22. The first-order valence-electron chi connectivity index (χ1n) is 2.30. The van der Waals surface area contributed by atoms with Crippen molar-refractivity contribution in [1.29, 1.82) is 0 Å². The third kappa shape index (κ3) is 0.793. The Morgan fingerprint density at radius 2 is 2.38 bits per heavy atom. The van der Waals surface area contributed by atoms with Gasteiger partial charge in [0.15, 0.2) is 0 Å². The van der Waals surface area contributed by atoms with Crippen LogP contribution >= 0.6 is 11.6 Å². The summed E-state index contributed by atoms with van der Waals surface area (Å²) in [4.78, 5) is 0. The lowest BCUT2D eigenvalue weighted by atomic mass is 10.5. The van der Waals surface area contributed by atoms with Gasteiger partial charge in [-0.1, -0.05) is 11.6 Å². The molecule has 8 heavy (non-hydrogen) atoms. The fourth-order valence-electron chi connectivity index (χ4n) is 0.546. The summed E-state index contributed by atoms with van der Waals surface area (Å²) in [6.07, 6.45) is 1.66. The first-order valence-corrected chi connectivity index (χ1v) is 2.67. The minimum Gasteiger partial charge on any atom is -0.339 e. The standard InChI is InChI=1S/C5H7ClN2/c1-4-2-5(6)3-8(4)7/h2-3H,7H2,1H3. The number of hydrogen-bond donors (Lipinski definition) is 1. The maximum atomic E-state index is 5.56. The van der Waals surface area contributed by atoms with Crippen molar-refractivity contribution in [1.82, 2.24) is 4.68 Å². The lowest BCUT2D eigenvalue weighted by Gasteiger charge is -1.90. The molecule has 0 saturated heterocycles. The van der Waals surface area contributed by atoms with Crippen LogP contribution in [0.3, 0.4) is 0 Å². The quantitative estimate of drug-likeness (QED) is 0.525. The minimum absolute atomic E-state index is 0.685. The third-order valence-electron chi connectivity index (χ3n) is 1.02. The number of rotatable bonds is 0. The molecule has 3 heteroatoms. The molecule has 1 heterocycles. The van der Waals surface area contributed by atoms with E-state index < -0.39 is 0 Å². The highest BCUT2D eigenvalue weighted by Crippen LogP contribution is 2.09. The average Bonchev–Trinajstić information content (AvgIpc) is 1.85. The summed E-state index contributed by atoms with van der Waals surface area (Å²) in [7, 11) is 0.